The molecule has 0 aromatic carbocycles. The van der Waals surface area contributed by atoms with E-state index in [2.05, 4.69) is 0 Å². The van der Waals surface area contributed by atoms with Crippen molar-refractivity contribution in [3.05, 3.63) is 23.3 Å². The summed E-state index contributed by atoms with van der Waals surface area (Å²) in [5.41, 5.74) is 0.837. The quantitative estimate of drug-likeness (QED) is 0.808. The van der Waals surface area contributed by atoms with Crippen molar-refractivity contribution in [2.75, 3.05) is 0 Å². The van der Waals surface area contributed by atoms with Crippen LogP contribution in [0.1, 0.15) is 47.0 Å². The minimum atomic E-state index is -0.872. The van der Waals surface area contributed by atoms with Crippen LogP contribution in [0.15, 0.2) is 23.3 Å². The van der Waals surface area contributed by atoms with Gasteiger partial charge in [-0.05, 0) is 58.1 Å². The van der Waals surface area contributed by atoms with E-state index < -0.39 is 17.0 Å². The number of ether oxygens (including phenoxy) is 1. The molecule has 22 heavy (non-hydrogen) atoms. The van der Waals surface area contributed by atoms with Gasteiger partial charge in [-0.15, -0.1) is 0 Å². The maximum atomic E-state index is 12.5. The summed E-state index contributed by atoms with van der Waals surface area (Å²) in [6, 6.07) is 0.0444. The fraction of sp³-hybridized carbons (Fsp3) is 0.647. The molecule has 2 bridgehead atoms. The highest BCUT2D eigenvalue weighted by Crippen LogP contribution is 2.49. The SMILES string of the molecule is CC(C)(C)OC(=O)N1C2CCC1C1=C2C=CC(C)(C(=O)O)C1. The van der Waals surface area contributed by atoms with E-state index in [1.54, 1.807) is 13.0 Å². The van der Waals surface area contributed by atoms with Gasteiger partial charge in [0.15, 0.2) is 0 Å². The normalized spacial score (nSPS) is 33.2. The Hall–Kier alpha value is -1.78. The van der Waals surface area contributed by atoms with Crippen molar-refractivity contribution < 1.29 is 19.4 Å². The maximum absolute atomic E-state index is 12.5. The van der Waals surface area contributed by atoms with Crippen LogP contribution in [0.4, 0.5) is 4.79 Å². The number of carboxylic acid groups (broad SMARTS) is 1. The highest BCUT2D eigenvalue weighted by Gasteiger charge is 2.51. The highest BCUT2D eigenvalue weighted by atomic mass is 16.6. The molecular formula is C17H23NO4. The van der Waals surface area contributed by atoms with Gasteiger partial charge in [-0.1, -0.05) is 12.2 Å². The van der Waals surface area contributed by atoms with Crippen molar-refractivity contribution in [2.24, 2.45) is 5.41 Å². The molecule has 3 atom stereocenters. The Kier molecular flexibility index (Phi) is 3.17. The molecule has 3 rings (SSSR count). The molecule has 2 heterocycles. The molecule has 1 saturated heterocycles. The first-order valence-corrected chi connectivity index (χ1v) is 7.79. The predicted molar refractivity (Wildman–Crippen MR) is 81.4 cm³/mol. The van der Waals surface area contributed by atoms with E-state index in [1.807, 2.05) is 31.7 Å². The van der Waals surface area contributed by atoms with Gasteiger partial charge in [0, 0.05) is 0 Å². The minimum absolute atomic E-state index is 0.00141. The summed E-state index contributed by atoms with van der Waals surface area (Å²) >= 11 is 0. The first-order chi connectivity index (χ1) is 10.1. The van der Waals surface area contributed by atoms with Gasteiger partial charge in [-0.3, -0.25) is 9.69 Å². The Morgan fingerprint density at radius 1 is 1.32 bits per heavy atom. The molecule has 0 saturated carbocycles. The lowest BCUT2D eigenvalue weighted by molar-refractivity contribution is -0.145. The predicted octanol–water partition coefficient (Wildman–Crippen LogP) is 3.12. The molecule has 0 aromatic heterocycles. The molecule has 5 nitrogen and oxygen atoms in total. The molecular weight excluding hydrogens is 282 g/mol. The fourth-order valence-electron chi connectivity index (χ4n) is 3.75. The van der Waals surface area contributed by atoms with E-state index in [9.17, 15) is 14.7 Å². The number of hydrogen-bond donors (Lipinski definition) is 1. The summed E-state index contributed by atoms with van der Waals surface area (Å²) in [5.74, 6) is -0.818. The van der Waals surface area contributed by atoms with Crippen molar-refractivity contribution in [3.63, 3.8) is 0 Å². The third-order valence-electron chi connectivity index (χ3n) is 4.80. The second kappa shape index (κ2) is 4.61. The van der Waals surface area contributed by atoms with Crippen LogP contribution in [0, 0.1) is 5.41 Å². The van der Waals surface area contributed by atoms with Crippen LogP contribution in [0.3, 0.4) is 0 Å². The molecule has 0 spiro atoms. The van der Waals surface area contributed by atoms with Crippen LogP contribution in [0.25, 0.3) is 0 Å². The van der Waals surface area contributed by atoms with Crippen LogP contribution in [-0.4, -0.2) is 39.8 Å². The summed E-state index contributed by atoms with van der Waals surface area (Å²) in [5, 5.41) is 9.44. The molecule has 1 amide bonds. The first kappa shape index (κ1) is 15.1. The number of fused-ring (bicyclic) bond motifs is 4. The molecule has 0 radical (unpaired) electrons. The van der Waals surface area contributed by atoms with Gasteiger partial charge in [0.1, 0.15) is 5.60 Å². The topological polar surface area (TPSA) is 66.8 Å². The van der Waals surface area contributed by atoms with Gasteiger partial charge in [0.25, 0.3) is 0 Å². The largest absolute Gasteiger partial charge is 0.481 e. The molecule has 1 aliphatic carbocycles. The van der Waals surface area contributed by atoms with Crippen LogP contribution >= 0.6 is 0 Å². The van der Waals surface area contributed by atoms with Gasteiger partial charge >= 0.3 is 12.1 Å². The average molecular weight is 305 g/mol. The van der Waals surface area contributed by atoms with Crippen LogP contribution in [-0.2, 0) is 9.53 Å². The van der Waals surface area contributed by atoms with E-state index in [0.29, 0.717) is 6.42 Å². The van der Waals surface area contributed by atoms with Crippen molar-refractivity contribution >= 4 is 12.1 Å². The number of rotatable bonds is 1. The van der Waals surface area contributed by atoms with E-state index in [1.165, 1.54) is 0 Å². The molecule has 3 aliphatic rings. The molecule has 2 aliphatic heterocycles. The minimum Gasteiger partial charge on any atom is -0.481 e. The lowest BCUT2D eigenvalue weighted by Gasteiger charge is -2.30. The number of carboxylic acids is 1. The third-order valence-corrected chi connectivity index (χ3v) is 4.80. The summed E-state index contributed by atoms with van der Waals surface area (Å²) in [6.07, 6.45) is 5.69. The second-order valence-electron chi connectivity index (χ2n) is 7.71. The average Bonchev–Trinajstić information content (AvgIpc) is 2.92. The molecule has 1 N–H and O–H groups in total. The summed E-state index contributed by atoms with van der Waals surface area (Å²) in [7, 11) is 0. The standard InChI is InChI=1S/C17H23NO4/c1-16(2,3)22-15(21)18-12-5-6-13(18)11-9-17(4,14(19)20)8-7-10(11)12/h7-8,12-13H,5-6,9H2,1-4H3,(H,19,20). The molecule has 120 valence electrons. The van der Waals surface area contributed by atoms with E-state index >= 15 is 0 Å². The van der Waals surface area contributed by atoms with Crippen molar-refractivity contribution in [3.8, 4) is 0 Å². The van der Waals surface area contributed by atoms with Crippen LogP contribution in [0.5, 0.6) is 0 Å². The molecule has 1 fully saturated rings. The summed E-state index contributed by atoms with van der Waals surface area (Å²) in [6.45, 7) is 7.31. The van der Waals surface area contributed by atoms with Crippen LogP contribution in [0.2, 0.25) is 0 Å². The van der Waals surface area contributed by atoms with Gasteiger partial charge < -0.3 is 9.84 Å². The Labute approximate surface area is 130 Å². The highest BCUT2D eigenvalue weighted by molar-refractivity contribution is 5.79. The van der Waals surface area contributed by atoms with Crippen molar-refractivity contribution in [1.82, 2.24) is 4.90 Å². The van der Waals surface area contributed by atoms with E-state index in [0.717, 1.165) is 24.0 Å². The molecule has 5 heteroatoms. The smallest absolute Gasteiger partial charge is 0.411 e. The zero-order chi connectivity index (χ0) is 16.3. The second-order valence-corrected chi connectivity index (χ2v) is 7.71. The lowest BCUT2D eigenvalue weighted by atomic mass is 9.74. The number of amides is 1. The number of aliphatic carboxylic acids is 1. The fourth-order valence-corrected chi connectivity index (χ4v) is 3.75. The van der Waals surface area contributed by atoms with E-state index in [4.69, 9.17) is 4.74 Å². The Morgan fingerprint density at radius 3 is 2.55 bits per heavy atom. The number of carbonyl (C=O) groups excluding carboxylic acids is 1. The van der Waals surface area contributed by atoms with Gasteiger partial charge in [-0.25, -0.2) is 4.79 Å². The van der Waals surface area contributed by atoms with Gasteiger partial charge in [0.2, 0.25) is 0 Å². The van der Waals surface area contributed by atoms with Crippen LogP contribution < -0.4 is 0 Å². The van der Waals surface area contributed by atoms with Crippen molar-refractivity contribution in [2.45, 2.75) is 64.6 Å². The first-order valence-electron chi connectivity index (χ1n) is 7.79. The van der Waals surface area contributed by atoms with E-state index in [-0.39, 0.29) is 18.2 Å². The maximum Gasteiger partial charge on any atom is 0.411 e. The molecule has 3 unspecified atom stereocenters. The number of hydrogen-bond acceptors (Lipinski definition) is 3. The molecule has 0 aromatic rings. The number of nitrogens with zero attached hydrogens (tertiary/aromatic N) is 1. The zero-order valence-electron chi connectivity index (χ0n) is 13.5. The Morgan fingerprint density at radius 2 is 1.95 bits per heavy atom. The van der Waals surface area contributed by atoms with Crippen molar-refractivity contribution in [1.29, 1.82) is 0 Å². The monoisotopic (exact) mass is 305 g/mol. The third kappa shape index (κ3) is 2.23. The Balaban J connectivity index is 1.85. The zero-order valence-corrected chi connectivity index (χ0v) is 13.5. The Bertz CT molecular complexity index is 598. The summed E-state index contributed by atoms with van der Waals surface area (Å²) in [4.78, 5) is 25.8. The number of carbonyl (C=O) groups is 2. The summed E-state index contributed by atoms with van der Waals surface area (Å²) < 4.78 is 5.53. The van der Waals surface area contributed by atoms with Gasteiger partial charge in [-0.2, -0.15) is 0 Å². The van der Waals surface area contributed by atoms with Gasteiger partial charge in [0.05, 0.1) is 17.5 Å². The lowest BCUT2D eigenvalue weighted by Crippen LogP contribution is -2.41.